The highest BCUT2D eigenvalue weighted by Crippen LogP contribution is 2.22. The summed E-state index contributed by atoms with van der Waals surface area (Å²) in [5, 5.41) is 39.7. The van der Waals surface area contributed by atoms with Crippen LogP contribution in [0.2, 0.25) is 0 Å². The van der Waals surface area contributed by atoms with E-state index in [0.717, 1.165) is 51.4 Å². The number of rotatable bonds is 32. The summed E-state index contributed by atoms with van der Waals surface area (Å²) in [5.41, 5.74) is 0. The molecule has 0 radical (unpaired) electrons. The van der Waals surface area contributed by atoms with E-state index in [2.05, 4.69) is 38.2 Å². The Balaban J connectivity index is 2.23. The minimum atomic E-state index is -1.59. The van der Waals surface area contributed by atoms with Crippen molar-refractivity contribution in [2.45, 2.75) is 198 Å². The number of aliphatic hydroxyl groups is 4. The molecule has 0 aromatic rings. The number of unbranched alkanes of at least 4 members (excludes halogenated alkanes) is 17. The number of aliphatic hydroxyl groups excluding tert-OH is 4. The number of hydrogen-bond donors (Lipinski definition) is 4. The largest absolute Gasteiger partial charge is 0.462 e. The van der Waals surface area contributed by atoms with Crippen LogP contribution in [0, 0.1) is 0 Å². The van der Waals surface area contributed by atoms with Crippen LogP contribution >= 0.6 is 0 Å². The third-order valence-electron chi connectivity index (χ3n) is 9.09. The van der Waals surface area contributed by atoms with Gasteiger partial charge in [-0.1, -0.05) is 128 Å². The van der Waals surface area contributed by atoms with E-state index in [9.17, 15) is 30.0 Å². The molecule has 0 aromatic heterocycles. The van der Waals surface area contributed by atoms with Crippen molar-refractivity contribution in [1.29, 1.82) is 0 Å². The van der Waals surface area contributed by atoms with Crippen LogP contribution in [-0.4, -0.2) is 89.0 Å². The summed E-state index contributed by atoms with van der Waals surface area (Å²) < 4.78 is 21.9. The van der Waals surface area contributed by atoms with Crippen molar-refractivity contribution in [2.24, 2.45) is 0 Å². The first-order chi connectivity index (χ1) is 24.3. The molecule has 0 saturated carbocycles. The van der Waals surface area contributed by atoms with E-state index in [4.69, 9.17) is 18.9 Å². The standard InChI is InChI=1S/C40H72O10/c1-3-5-7-9-10-11-12-13-14-15-16-17-18-19-20-21-22-23-24-25-27-29-36(43)49-33(31-47-35(42)28-26-8-6-4-2)32-48-40-39(46)38(45)37(44)34(30-41)50-40/h12-13,15-16,33-34,37-41,44-46H,3-11,14,17-32H2,1-2H3/b13-12-,16-15-. The number of esters is 2. The lowest BCUT2D eigenvalue weighted by atomic mass is 9.99. The highest BCUT2D eigenvalue weighted by atomic mass is 16.7. The van der Waals surface area contributed by atoms with Gasteiger partial charge in [0.2, 0.25) is 0 Å². The molecule has 1 fully saturated rings. The van der Waals surface area contributed by atoms with Crippen LogP contribution in [0.15, 0.2) is 24.3 Å². The van der Waals surface area contributed by atoms with Crippen molar-refractivity contribution in [3.63, 3.8) is 0 Å². The number of carbonyl (C=O) groups excluding carboxylic acids is 2. The van der Waals surface area contributed by atoms with Gasteiger partial charge in [0.15, 0.2) is 12.4 Å². The van der Waals surface area contributed by atoms with Crippen molar-refractivity contribution in [1.82, 2.24) is 0 Å². The van der Waals surface area contributed by atoms with Gasteiger partial charge in [-0.15, -0.1) is 0 Å². The number of hydrogen-bond acceptors (Lipinski definition) is 10. The Bertz CT molecular complexity index is 876. The molecule has 4 N–H and O–H groups in total. The maximum Gasteiger partial charge on any atom is 0.306 e. The molecular formula is C40H72O10. The Morgan fingerprint density at radius 2 is 1.12 bits per heavy atom. The summed E-state index contributed by atoms with van der Waals surface area (Å²) in [4.78, 5) is 24.9. The lowest BCUT2D eigenvalue weighted by Gasteiger charge is -2.39. The SMILES string of the molecule is CCCCCCC/C=C\C/C=C\CCCCCCCCCCCC(=O)OC(COC(=O)CCCCCC)COC1OC(CO)C(O)C(O)C1O. The predicted octanol–water partition coefficient (Wildman–Crippen LogP) is 7.38. The van der Waals surface area contributed by atoms with Gasteiger partial charge in [-0.25, -0.2) is 0 Å². The Kier molecular flexibility index (Phi) is 29.5. The zero-order valence-electron chi connectivity index (χ0n) is 31.4. The van der Waals surface area contributed by atoms with E-state index < -0.39 is 55.4 Å². The Hall–Kier alpha value is -1.82. The molecule has 1 rings (SSSR count). The monoisotopic (exact) mass is 713 g/mol. The second kappa shape index (κ2) is 31.9. The Morgan fingerprint density at radius 1 is 0.620 bits per heavy atom. The topological polar surface area (TPSA) is 152 Å². The molecule has 0 amide bonds. The molecule has 1 aliphatic rings. The fourth-order valence-corrected chi connectivity index (χ4v) is 5.86. The van der Waals surface area contributed by atoms with Crippen LogP contribution in [0.3, 0.4) is 0 Å². The van der Waals surface area contributed by atoms with E-state index >= 15 is 0 Å². The van der Waals surface area contributed by atoms with Gasteiger partial charge in [0.1, 0.15) is 31.0 Å². The molecule has 10 nitrogen and oxygen atoms in total. The van der Waals surface area contributed by atoms with Gasteiger partial charge in [-0.3, -0.25) is 9.59 Å². The molecule has 10 heteroatoms. The smallest absolute Gasteiger partial charge is 0.306 e. The maximum atomic E-state index is 12.6. The number of carbonyl (C=O) groups is 2. The normalized spacial score (nSPS) is 21.6. The predicted molar refractivity (Wildman–Crippen MR) is 196 cm³/mol. The van der Waals surface area contributed by atoms with E-state index in [1.54, 1.807) is 0 Å². The first kappa shape index (κ1) is 46.2. The van der Waals surface area contributed by atoms with E-state index in [-0.39, 0.29) is 26.1 Å². The zero-order chi connectivity index (χ0) is 36.7. The molecule has 1 aliphatic heterocycles. The summed E-state index contributed by atoms with van der Waals surface area (Å²) in [7, 11) is 0. The Morgan fingerprint density at radius 3 is 1.68 bits per heavy atom. The fraction of sp³-hybridized carbons (Fsp3) is 0.850. The van der Waals surface area contributed by atoms with Gasteiger partial charge < -0.3 is 39.4 Å². The highest BCUT2D eigenvalue weighted by molar-refractivity contribution is 5.70. The van der Waals surface area contributed by atoms with Crippen LogP contribution in [0.5, 0.6) is 0 Å². The fourth-order valence-electron chi connectivity index (χ4n) is 5.86. The van der Waals surface area contributed by atoms with Crippen LogP contribution < -0.4 is 0 Å². The van der Waals surface area contributed by atoms with Gasteiger partial charge in [0, 0.05) is 12.8 Å². The van der Waals surface area contributed by atoms with Crippen LogP contribution in [0.25, 0.3) is 0 Å². The minimum Gasteiger partial charge on any atom is -0.462 e. The summed E-state index contributed by atoms with van der Waals surface area (Å²) in [6.07, 6.45) is 25.4. The average Bonchev–Trinajstić information content (AvgIpc) is 3.11. The summed E-state index contributed by atoms with van der Waals surface area (Å²) >= 11 is 0. The van der Waals surface area contributed by atoms with Crippen molar-refractivity contribution in [3.05, 3.63) is 24.3 Å². The first-order valence-electron chi connectivity index (χ1n) is 19.9. The van der Waals surface area contributed by atoms with Gasteiger partial charge in [-0.2, -0.15) is 0 Å². The Labute approximate surface area is 303 Å². The molecule has 0 bridgehead atoms. The summed E-state index contributed by atoms with van der Waals surface area (Å²) in [5.74, 6) is -0.830. The summed E-state index contributed by atoms with van der Waals surface area (Å²) in [6.45, 7) is 3.26. The van der Waals surface area contributed by atoms with Crippen molar-refractivity contribution >= 4 is 11.9 Å². The zero-order valence-corrected chi connectivity index (χ0v) is 31.4. The van der Waals surface area contributed by atoms with Gasteiger partial charge in [0.25, 0.3) is 0 Å². The molecule has 1 heterocycles. The second-order valence-electron chi connectivity index (χ2n) is 13.7. The third-order valence-corrected chi connectivity index (χ3v) is 9.09. The van der Waals surface area contributed by atoms with Crippen LogP contribution in [-0.2, 0) is 28.5 Å². The molecule has 0 aliphatic carbocycles. The molecule has 6 atom stereocenters. The number of ether oxygens (including phenoxy) is 4. The molecule has 6 unspecified atom stereocenters. The van der Waals surface area contributed by atoms with E-state index in [1.165, 1.54) is 70.6 Å². The van der Waals surface area contributed by atoms with Gasteiger partial charge in [-0.05, 0) is 44.9 Å². The second-order valence-corrected chi connectivity index (χ2v) is 13.7. The number of allylic oxidation sites excluding steroid dienone is 4. The molecular weight excluding hydrogens is 640 g/mol. The quantitative estimate of drug-likeness (QED) is 0.0316. The average molecular weight is 713 g/mol. The van der Waals surface area contributed by atoms with Crippen LogP contribution in [0.1, 0.15) is 162 Å². The summed E-state index contributed by atoms with van der Waals surface area (Å²) in [6, 6.07) is 0. The van der Waals surface area contributed by atoms with Crippen molar-refractivity contribution in [3.8, 4) is 0 Å². The molecule has 50 heavy (non-hydrogen) atoms. The van der Waals surface area contributed by atoms with Crippen molar-refractivity contribution < 1.29 is 49.0 Å². The molecule has 292 valence electrons. The van der Waals surface area contributed by atoms with E-state index in [0.29, 0.717) is 12.8 Å². The van der Waals surface area contributed by atoms with Gasteiger partial charge >= 0.3 is 11.9 Å². The molecule has 1 saturated heterocycles. The maximum absolute atomic E-state index is 12.6. The van der Waals surface area contributed by atoms with E-state index in [1.807, 2.05) is 0 Å². The molecule has 0 aromatic carbocycles. The lowest BCUT2D eigenvalue weighted by Crippen LogP contribution is -2.59. The molecule has 0 spiro atoms. The highest BCUT2D eigenvalue weighted by Gasteiger charge is 2.44. The van der Waals surface area contributed by atoms with Crippen LogP contribution in [0.4, 0.5) is 0 Å². The third kappa shape index (κ3) is 23.6. The van der Waals surface area contributed by atoms with Crippen molar-refractivity contribution in [2.75, 3.05) is 19.8 Å². The lowest BCUT2D eigenvalue weighted by molar-refractivity contribution is -0.305. The first-order valence-corrected chi connectivity index (χ1v) is 19.9. The minimum absolute atomic E-state index is 0.220. The van der Waals surface area contributed by atoms with Gasteiger partial charge in [0.05, 0.1) is 13.2 Å².